The van der Waals surface area contributed by atoms with Gasteiger partial charge in [-0.1, -0.05) is 41.9 Å². The highest BCUT2D eigenvalue weighted by Gasteiger charge is 2.13. The lowest BCUT2D eigenvalue weighted by Crippen LogP contribution is -2.27. The summed E-state index contributed by atoms with van der Waals surface area (Å²) in [6.07, 6.45) is 0.462. The Morgan fingerprint density at radius 2 is 1.77 bits per heavy atom. The predicted molar refractivity (Wildman–Crippen MR) is 92.2 cm³/mol. The van der Waals surface area contributed by atoms with Crippen molar-refractivity contribution in [3.8, 4) is 0 Å². The smallest absolute Gasteiger partial charge is 0.225 e. The minimum absolute atomic E-state index is 0.0290. The van der Waals surface area contributed by atoms with E-state index < -0.39 is 0 Å². The van der Waals surface area contributed by atoms with E-state index in [1.807, 2.05) is 61.6 Å². The minimum Gasteiger partial charge on any atom is -0.326 e. The van der Waals surface area contributed by atoms with Crippen molar-refractivity contribution in [3.63, 3.8) is 0 Å². The van der Waals surface area contributed by atoms with Crippen LogP contribution in [-0.2, 0) is 4.79 Å². The first kappa shape index (κ1) is 16.5. The molecule has 1 atom stereocenters. The van der Waals surface area contributed by atoms with Crippen LogP contribution in [0, 0.1) is 0 Å². The second kappa shape index (κ2) is 7.97. The molecule has 1 N–H and O–H groups in total. The van der Waals surface area contributed by atoms with Crippen molar-refractivity contribution in [2.45, 2.75) is 19.4 Å². The molecule has 1 amide bonds. The summed E-state index contributed by atoms with van der Waals surface area (Å²) < 4.78 is 0. The van der Waals surface area contributed by atoms with Crippen LogP contribution < -0.4 is 5.32 Å². The number of nitrogens with zero attached hydrogens (tertiary/aromatic N) is 1. The molecule has 0 saturated carbocycles. The number of carbonyl (C=O) groups is 1. The zero-order valence-corrected chi connectivity index (χ0v) is 13.7. The fraction of sp³-hybridized carbons (Fsp3) is 0.278. The molecule has 0 aromatic heterocycles. The highest BCUT2D eigenvalue weighted by Crippen LogP contribution is 2.20. The molecule has 1 unspecified atom stereocenters. The van der Waals surface area contributed by atoms with Crippen LogP contribution >= 0.6 is 11.6 Å². The third-order valence-corrected chi connectivity index (χ3v) is 4.01. The van der Waals surface area contributed by atoms with Crippen LogP contribution in [0.15, 0.2) is 54.6 Å². The second-order valence-electron chi connectivity index (χ2n) is 5.37. The van der Waals surface area contributed by atoms with Crippen LogP contribution in [0.3, 0.4) is 0 Å². The van der Waals surface area contributed by atoms with E-state index in [-0.39, 0.29) is 11.9 Å². The Kier molecular flexibility index (Phi) is 5.99. The van der Waals surface area contributed by atoms with E-state index in [0.717, 1.165) is 10.7 Å². The average molecular weight is 317 g/mol. The molecule has 2 aromatic rings. The molecule has 0 radical (unpaired) electrons. The molecule has 4 heteroatoms. The maximum absolute atomic E-state index is 12.0. The molecule has 22 heavy (non-hydrogen) atoms. The third kappa shape index (κ3) is 4.86. The van der Waals surface area contributed by atoms with E-state index in [4.69, 9.17) is 11.6 Å². The number of carbonyl (C=O) groups excluding carboxylic acids is 1. The number of hydrogen-bond acceptors (Lipinski definition) is 2. The Morgan fingerprint density at radius 3 is 2.41 bits per heavy atom. The highest BCUT2D eigenvalue weighted by atomic mass is 35.5. The topological polar surface area (TPSA) is 32.3 Å². The number of hydrogen-bond donors (Lipinski definition) is 1. The van der Waals surface area contributed by atoms with E-state index in [1.54, 1.807) is 0 Å². The zero-order valence-electron chi connectivity index (χ0n) is 12.9. The van der Waals surface area contributed by atoms with E-state index in [2.05, 4.69) is 17.1 Å². The molecule has 0 bridgehead atoms. The summed E-state index contributed by atoms with van der Waals surface area (Å²) in [4.78, 5) is 14.1. The van der Waals surface area contributed by atoms with E-state index in [1.165, 1.54) is 5.56 Å². The summed E-state index contributed by atoms with van der Waals surface area (Å²) in [5, 5.41) is 3.64. The molecule has 116 valence electrons. The summed E-state index contributed by atoms with van der Waals surface area (Å²) >= 11 is 5.91. The lowest BCUT2D eigenvalue weighted by molar-refractivity contribution is -0.116. The van der Waals surface area contributed by atoms with Crippen molar-refractivity contribution in [1.29, 1.82) is 0 Å². The molecule has 3 nitrogen and oxygen atoms in total. The number of anilines is 1. The number of benzene rings is 2. The fourth-order valence-electron chi connectivity index (χ4n) is 2.21. The van der Waals surface area contributed by atoms with Gasteiger partial charge in [0.15, 0.2) is 0 Å². The summed E-state index contributed by atoms with van der Waals surface area (Å²) in [7, 11) is 2.02. The highest BCUT2D eigenvalue weighted by molar-refractivity contribution is 6.30. The largest absolute Gasteiger partial charge is 0.326 e. The summed E-state index contributed by atoms with van der Waals surface area (Å²) in [6.45, 7) is 2.82. The van der Waals surface area contributed by atoms with Gasteiger partial charge in [-0.15, -0.1) is 0 Å². The van der Waals surface area contributed by atoms with Crippen LogP contribution in [0.1, 0.15) is 24.9 Å². The zero-order chi connectivity index (χ0) is 15.9. The molecule has 0 saturated heterocycles. The van der Waals surface area contributed by atoms with Crippen LogP contribution in [0.25, 0.3) is 0 Å². The Hall–Kier alpha value is -1.84. The molecule has 0 fully saturated rings. The number of halogens is 1. The van der Waals surface area contributed by atoms with Crippen LogP contribution in [-0.4, -0.2) is 24.4 Å². The number of para-hydroxylation sites is 1. The molecular weight excluding hydrogens is 296 g/mol. The first-order valence-electron chi connectivity index (χ1n) is 7.37. The molecule has 0 aliphatic carbocycles. The second-order valence-corrected chi connectivity index (χ2v) is 5.81. The standard InChI is InChI=1S/C18H21ClN2O/c1-14(15-8-10-16(19)11-9-15)21(2)13-12-18(22)20-17-6-4-3-5-7-17/h3-11,14H,12-13H2,1-2H3,(H,20,22). The first-order valence-corrected chi connectivity index (χ1v) is 7.74. The average Bonchev–Trinajstić information content (AvgIpc) is 2.53. The van der Waals surface area contributed by atoms with E-state index >= 15 is 0 Å². The number of nitrogens with one attached hydrogen (secondary N) is 1. The van der Waals surface area contributed by atoms with Crippen LogP contribution in [0.5, 0.6) is 0 Å². The van der Waals surface area contributed by atoms with Gasteiger partial charge in [-0.25, -0.2) is 0 Å². The lowest BCUT2D eigenvalue weighted by Gasteiger charge is -2.24. The van der Waals surface area contributed by atoms with Crippen molar-refractivity contribution >= 4 is 23.2 Å². The van der Waals surface area contributed by atoms with Gasteiger partial charge in [-0.3, -0.25) is 9.69 Å². The third-order valence-electron chi connectivity index (χ3n) is 3.76. The van der Waals surface area contributed by atoms with Crippen LogP contribution in [0.2, 0.25) is 5.02 Å². The molecule has 0 aliphatic heterocycles. The SMILES string of the molecule is CC(c1ccc(Cl)cc1)N(C)CCC(=O)Nc1ccccc1. The Labute approximate surface area is 136 Å². The van der Waals surface area contributed by atoms with Crippen molar-refractivity contribution < 1.29 is 4.79 Å². The molecule has 2 aromatic carbocycles. The van der Waals surface area contributed by atoms with Crippen molar-refractivity contribution in [2.24, 2.45) is 0 Å². The summed E-state index contributed by atoms with van der Waals surface area (Å²) in [5.41, 5.74) is 2.02. The van der Waals surface area contributed by atoms with Gasteiger partial charge in [-0.05, 0) is 43.8 Å². The van der Waals surface area contributed by atoms with E-state index in [9.17, 15) is 4.79 Å². The van der Waals surface area contributed by atoms with Gasteiger partial charge in [0.25, 0.3) is 0 Å². The van der Waals surface area contributed by atoms with E-state index in [0.29, 0.717) is 13.0 Å². The normalized spacial score (nSPS) is 12.2. The molecule has 0 spiro atoms. The van der Waals surface area contributed by atoms with Gasteiger partial charge in [0.1, 0.15) is 0 Å². The quantitative estimate of drug-likeness (QED) is 0.858. The Balaban J connectivity index is 1.82. The Bertz CT molecular complexity index is 598. The first-order chi connectivity index (χ1) is 10.6. The van der Waals surface area contributed by atoms with Crippen LogP contribution in [0.4, 0.5) is 5.69 Å². The predicted octanol–water partition coefficient (Wildman–Crippen LogP) is 4.36. The minimum atomic E-state index is 0.0290. The van der Waals surface area contributed by atoms with Gasteiger partial charge >= 0.3 is 0 Å². The Morgan fingerprint density at radius 1 is 1.14 bits per heavy atom. The van der Waals surface area contributed by atoms with Gasteiger partial charge < -0.3 is 5.32 Å². The molecule has 2 rings (SSSR count). The molecule has 0 heterocycles. The number of amides is 1. The molecular formula is C18H21ClN2O. The summed E-state index contributed by atoms with van der Waals surface area (Å²) in [5.74, 6) is 0.0290. The lowest BCUT2D eigenvalue weighted by atomic mass is 10.1. The van der Waals surface area contributed by atoms with Gasteiger partial charge in [0.05, 0.1) is 0 Å². The van der Waals surface area contributed by atoms with Gasteiger partial charge in [0.2, 0.25) is 5.91 Å². The fourth-order valence-corrected chi connectivity index (χ4v) is 2.34. The maximum Gasteiger partial charge on any atom is 0.225 e. The number of rotatable bonds is 6. The molecule has 0 aliphatic rings. The monoisotopic (exact) mass is 316 g/mol. The van der Waals surface area contributed by atoms with Crippen molar-refractivity contribution in [2.75, 3.05) is 18.9 Å². The van der Waals surface area contributed by atoms with Gasteiger partial charge in [0, 0.05) is 29.7 Å². The van der Waals surface area contributed by atoms with Crippen molar-refractivity contribution in [1.82, 2.24) is 4.90 Å². The van der Waals surface area contributed by atoms with Crippen molar-refractivity contribution in [3.05, 3.63) is 65.2 Å². The van der Waals surface area contributed by atoms with Gasteiger partial charge in [-0.2, -0.15) is 0 Å². The summed E-state index contributed by atoms with van der Waals surface area (Å²) in [6, 6.07) is 17.6. The maximum atomic E-state index is 12.0.